The molecule has 2 aromatic carbocycles. The molecule has 0 atom stereocenters. The van der Waals surface area contributed by atoms with Crippen molar-refractivity contribution in [1.29, 1.82) is 0 Å². The van der Waals surface area contributed by atoms with E-state index in [1.807, 2.05) is 67.6 Å². The lowest BCUT2D eigenvalue weighted by Gasteiger charge is -1.97. The molecule has 4 rings (SSSR count). The maximum absolute atomic E-state index is 5.92. The van der Waals surface area contributed by atoms with Crippen molar-refractivity contribution in [2.75, 3.05) is 0 Å². The Labute approximate surface area is 146 Å². The van der Waals surface area contributed by atoms with Crippen molar-refractivity contribution in [2.24, 2.45) is 0 Å². The van der Waals surface area contributed by atoms with Gasteiger partial charge < -0.3 is 9.40 Å². The normalized spacial score (nSPS) is 11.2. The molecule has 3 heteroatoms. The number of nitrogens with zero attached hydrogens (tertiary/aromatic N) is 1. The van der Waals surface area contributed by atoms with Crippen LogP contribution in [0.25, 0.3) is 35.0 Å². The number of aromatic nitrogens is 2. The smallest absolute Gasteiger partial charge is 0.174 e. The highest BCUT2D eigenvalue weighted by Gasteiger charge is 2.12. The van der Waals surface area contributed by atoms with Crippen molar-refractivity contribution in [1.82, 2.24) is 9.97 Å². The Morgan fingerprint density at radius 1 is 0.840 bits per heavy atom. The van der Waals surface area contributed by atoms with Crippen LogP contribution in [-0.4, -0.2) is 9.97 Å². The van der Waals surface area contributed by atoms with Crippen molar-refractivity contribution < 1.29 is 4.42 Å². The minimum atomic E-state index is 0.734. The van der Waals surface area contributed by atoms with Crippen LogP contribution in [0.5, 0.6) is 0 Å². The fraction of sp³-hybridized carbons (Fsp3) is 0.0455. The first kappa shape index (κ1) is 15.2. The zero-order chi connectivity index (χ0) is 17.1. The molecular formula is C22H18N2O. The highest BCUT2D eigenvalue weighted by molar-refractivity contribution is 5.69. The molecular weight excluding hydrogens is 308 g/mol. The molecule has 0 aliphatic rings. The van der Waals surface area contributed by atoms with E-state index in [2.05, 4.69) is 34.2 Å². The minimum Gasteiger partial charge on any atom is -0.453 e. The van der Waals surface area contributed by atoms with Crippen LogP contribution in [0.4, 0.5) is 0 Å². The summed E-state index contributed by atoms with van der Waals surface area (Å²) in [7, 11) is 0. The number of benzene rings is 2. The van der Waals surface area contributed by atoms with Crippen LogP contribution in [0.2, 0.25) is 0 Å². The van der Waals surface area contributed by atoms with Crippen molar-refractivity contribution in [3.63, 3.8) is 0 Å². The van der Waals surface area contributed by atoms with Crippen LogP contribution in [-0.2, 0) is 0 Å². The Kier molecular flexibility index (Phi) is 4.05. The summed E-state index contributed by atoms with van der Waals surface area (Å²) >= 11 is 0. The second kappa shape index (κ2) is 6.65. The molecule has 0 saturated heterocycles. The van der Waals surface area contributed by atoms with Gasteiger partial charge in [0.1, 0.15) is 5.76 Å². The van der Waals surface area contributed by atoms with Gasteiger partial charge in [0.25, 0.3) is 0 Å². The molecule has 0 radical (unpaired) electrons. The summed E-state index contributed by atoms with van der Waals surface area (Å²) in [4.78, 5) is 7.99. The largest absolute Gasteiger partial charge is 0.453 e. The molecule has 25 heavy (non-hydrogen) atoms. The van der Waals surface area contributed by atoms with Crippen LogP contribution >= 0.6 is 0 Å². The number of hydrogen-bond donors (Lipinski definition) is 1. The van der Waals surface area contributed by atoms with Gasteiger partial charge >= 0.3 is 0 Å². The summed E-state index contributed by atoms with van der Waals surface area (Å²) in [5, 5.41) is 0. The van der Waals surface area contributed by atoms with E-state index in [4.69, 9.17) is 4.42 Å². The molecule has 0 unspecified atom stereocenters. The Hall–Kier alpha value is -3.33. The zero-order valence-electron chi connectivity index (χ0n) is 13.9. The van der Waals surface area contributed by atoms with Gasteiger partial charge in [0, 0.05) is 0 Å². The predicted molar refractivity (Wildman–Crippen MR) is 102 cm³/mol. The Balaban J connectivity index is 1.60. The lowest BCUT2D eigenvalue weighted by atomic mass is 10.1. The summed E-state index contributed by atoms with van der Waals surface area (Å²) in [6.07, 6.45) is 4.00. The number of furan rings is 1. The van der Waals surface area contributed by atoms with E-state index in [1.54, 1.807) is 0 Å². The molecule has 1 N–H and O–H groups in total. The topological polar surface area (TPSA) is 41.8 Å². The SMILES string of the molecule is Cc1nc(-c2ccc(/C=C/c3ccccc3)o2)[nH]c1-c1ccccc1. The minimum absolute atomic E-state index is 0.734. The average Bonchev–Trinajstić information content (AvgIpc) is 3.28. The van der Waals surface area contributed by atoms with E-state index < -0.39 is 0 Å². The third-order valence-corrected chi connectivity index (χ3v) is 4.05. The maximum atomic E-state index is 5.92. The first-order valence-corrected chi connectivity index (χ1v) is 8.25. The van der Waals surface area contributed by atoms with Gasteiger partial charge in [-0.1, -0.05) is 66.7 Å². The second-order valence-electron chi connectivity index (χ2n) is 5.86. The summed E-state index contributed by atoms with van der Waals surface area (Å²) in [6.45, 7) is 2.00. The molecule has 0 fully saturated rings. The Morgan fingerprint density at radius 2 is 1.56 bits per heavy atom. The average molecular weight is 326 g/mol. The quantitative estimate of drug-likeness (QED) is 0.514. The summed E-state index contributed by atoms with van der Waals surface area (Å²) in [6, 6.07) is 24.2. The molecule has 0 spiro atoms. The Morgan fingerprint density at radius 3 is 2.32 bits per heavy atom. The number of nitrogens with one attached hydrogen (secondary N) is 1. The molecule has 0 amide bonds. The first-order valence-electron chi connectivity index (χ1n) is 8.25. The standard InChI is InChI=1S/C22H18N2O/c1-16-21(18-10-6-3-7-11-18)24-22(23-16)20-15-14-19(25-20)13-12-17-8-4-2-5-9-17/h2-15H,1H3,(H,23,24)/b13-12+. The molecule has 0 saturated carbocycles. The van der Waals surface area contributed by atoms with Gasteiger partial charge in [-0.05, 0) is 36.3 Å². The van der Waals surface area contributed by atoms with Crippen molar-refractivity contribution >= 4 is 12.2 Å². The molecule has 2 aromatic heterocycles. The number of imidazole rings is 1. The van der Waals surface area contributed by atoms with E-state index in [1.165, 1.54) is 0 Å². The molecule has 0 aliphatic carbocycles. The summed E-state index contributed by atoms with van der Waals surface area (Å²) in [5.74, 6) is 2.28. The van der Waals surface area contributed by atoms with E-state index in [-0.39, 0.29) is 0 Å². The lowest BCUT2D eigenvalue weighted by molar-refractivity contribution is 0.568. The van der Waals surface area contributed by atoms with Crippen LogP contribution in [0.1, 0.15) is 17.0 Å². The lowest BCUT2D eigenvalue weighted by Crippen LogP contribution is -1.79. The van der Waals surface area contributed by atoms with Crippen LogP contribution in [0.15, 0.2) is 77.2 Å². The van der Waals surface area contributed by atoms with E-state index in [0.29, 0.717) is 0 Å². The predicted octanol–water partition coefficient (Wildman–Crippen LogP) is 5.82. The molecule has 2 heterocycles. The summed E-state index contributed by atoms with van der Waals surface area (Å²) < 4.78 is 5.92. The third-order valence-electron chi connectivity index (χ3n) is 4.05. The highest BCUT2D eigenvalue weighted by Crippen LogP contribution is 2.27. The van der Waals surface area contributed by atoms with Gasteiger partial charge in [0.2, 0.25) is 0 Å². The molecule has 4 aromatic rings. The molecule has 0 bridgehead atoms. The number of aromatic amines is 1. The fourth-order valence-electron chi connectivity index (χ4n) is 2.78. The number of rotatable bonds is 4. The number of H-pyrrole nitrogens is 1. The van der Waals surface area contributed by atoms with Crippen LogP contribution in [0, 0.1) is 6.92 Å². The first-order chi connectivity index (χ1) is 12.3. The van der Waals surface area contributed by atoms with Crippen molar-refractivity contribution in [3.8, 4) is 22.8 Å². The van der Waals surface area contributed by atoms with E-state index >= 15 is 0 Å². The van der Waals surface area contributed by atoms with Gasteiger partial charge in [0.05, 0.1) is 11.4 Å². The number of aryl methyl sites for hydroxylation is 1. The van der Waals surface area contributed by atoms with E-state index in [9.17, 15) is 0 Å². The molecule has 122 valence electrons. The van der Waals surface area contributed by atoms with Gasteiger partial charge in [-0.2, -0.15) is 0 Å². The van der Waals surface area contributed by atoms with Crippen molar-refractivity contribution in [2.45, 2.75) is 6.92 Å². The van der Waals surface area contributed by atoms with E-state index in [0.717, 1.165) is 39.9 Å². The zero-order valence-corrected chi connectivity index (χ0v) is 13.9. The van der Waals surface area contributed by atoms with Gasteiger partial charge in [-0.25, -0.2) is 4.98 Å². The molecule has 3 nitrogen and oxygen atoms in total. The maximum Gasteiger partial charge on any atom is 0.174 e. The fourth-order valence-corrected chi connectivity index (χ4v) is 2.78. The van der Waals surface area contributed by atoms with Crippen LogP contribution in [0.3, 0.4) is 0 Å². The van der Waals surface area contributed by atoms with Crippen LogP contribution < -0.4 is 0 Å². The van der Waals surface area contributed by atoms with Gasteiger partial charge in [-0.15, -0.1) is 0 Å². The van der Waals surface area contributed by atoms with Gasteiger partial charge in [-0.3, -0.25) is 0 Å². The number of hydrogen-bond acceptors (Lipinski definition) is 2. The monoisotopic (exact) mass is 326 g/mol. The Bertz CT molecular complexity index is 995. The highest BCUT2D eigenvalue weighted by atomic mass is 16.3. The van der Waals surface area contributed by atoms with Crippen molar-refractivity contribution in [3.05, 3.63) is 89.8 Å². The molecule has 0 aliphatic heterocycles. The summed E-state index contributed by atoms with van der Waals surface area (Å²) in [5.41, 5.74) is 4.24. The third kappa shape index (κ3) is 3.31. The second-order valence-corrected chi connectivity index (χ2v) is 5.86. The van der Waals surface area contributed by atoms with Gasteiger partial charge in [0.15, 0.2) is 11.6 Å².